The van der Waals surface area contributed by atoms with Gasteiger partial charge in [0.2, 0.25) is 5.91 Å². The summed E-state index contributed by atoms with van der Waals surface area (Å²) in [6.07, 6.45) is 5.80. The van der Waals surface area contributed by atoms with Crippen molar-refractivity contribution in [2.45, 2.75) is 44.7 Å². The lowest BCUT2D eigenvalue weighted by atomic mass is 9.95. The first-order valence-electron chi connectivity index (χ1n) is 11.3. The van der Waals surface area contributed by atoms with E-state index in [1.165, 1.54) is 0 Å². The van der Waals surface area contributed by atoms with Crippen molar-refractivity contribution in [3.8, 4) is 5.69 Å². The lowest BCUT2D eigenvalue weighted by Gasteiger charge is -2.32. The van der Waals surface area contributed by atoms with Crippen molar-refractivity contribution in [3.05, 3.63) is 64.8 Å². The molecular formula is C24H25ClN6O. The van der Waals surface area contributed by atoms with Gasteiger partial charge in [-0.1, -0.05) is 17.7 Å². The van der Waals surface area contributed by atoms with E-state index in [0.717, 1.165) is 67.5 Å². The number of nitrogens with zero attached hydrogens (tertiary/aromatic N) is 6. The smallest absolute Gasteiger partial charge is 0.226 e. The second kappa shape index (κ2) is 7.89. The molecule has 4 heterocycles. The Morgan fingerprint density at radius 1 is 1.00 bits per heavy atom. The van der Waals surface area contributed by atoms with Crippen LogP contribution in [0.15, 0.2) is 42.6 Å². The minimum absolute atomic E-state index is 0.169. The summed E-state index contributed by atoms with van der Waals surface area (Å²) in [6, 6.07) is 12.0. The molecule has 1 saturated heterocycles. The number of benzene rings is 1. The van der Waals surface area contributed by atoms with Crippen LogP contribution >= 0.6 is 11.6 Å². The number of hydrogen-bond donors (Lipinski definition) is 0. The summed E-state index contributed by atoms with van der Waals surface area (Å²) in [5.41, 5.74) is 2.10. The minimum atomic E-state index is 0.169. The largest absolute Gasteiger partial charge is 0.357 e. The molecule has 1 saturated carbocycles. The lowest BCUT2D eigenvalue weighted by molar-refractivity contribution is -0.133. The van der Waals surface area contributed by atoms with Crippen LogP contribution in [0.2, 0.25) is 5.02 Å². The molecule has 164 valence electrons. The molecule has 6 rings (SSSR count). The summed E-state index contributed by atoms with van der Waals surface area (Å²) in [5.74, 6) is 3.55. The zero-order chi connectivity index (χ0) is 21.7. The molecule has 0 bridgehead atoms. The second-order valence-electron chi connectivity index (χ2n) is 9.00. The van der Waals surface area contributed by atoms with E-state index in [9.17, 15) is 4.79 Å². The average Bonchev–Trinajstić information content (AvgIpc) is 3.62. The second-order valence-corrected chi connectivity index (χ2v) is 9.44. The molecule has 0 radical (unpaired) electrons. The van der Waals surface area contributed by atoms with Gasteiger partial charge in [-0.3, -0.25) is 9.36 Å². The van der Waals surface area contributed by atoms with Crippen molar-refractivity contribution in [2.75, 3.05) is 18.0 Å². The predicted molar refractivity (Wildman–Crippen MR) is 122 cm³/mol. The van der Waals surface area contributed by atoms with E-state index in [2.05, 4.69) is 30.7 Å². The summed E-state index contributed by atoms with van der Waals surface area (Å²) in [7, 11) is 0. The van der Waals surface area contributed by atoms with Crippen LogP contribution in [0, 0.1) is 5.92 Å². The summed E-state index contributed by atoms with van der Waals surface area (Å²) >= 11 is 6.34. The third-order valence-corrected chi connectivity index (χ3v) is 7.04. The quantitative estimate of drug-likeness (QED) is 0.606. The maximum absolute atomic E-state index is 12.9. The Balaban J connectivity index is 1.32. The Morgan fingerprint density at radius 3 is 2.59 bits per heavy atom. The normalized spacial score (nSPS) is 18.8. The Labute approximate surface area is 192 Å². The first-order chi connectivity index (χ1) is 15.7. The lowest BCUT2D eigenvalue weighted by Crippen LogP contribution is -2.34. The van der Waals surface area contributed by atoms with Gasteiger partial charge in [0.25, 0.3) is 0 Å². The highest BCUT2D eigenvalue weighted by Crippen LogP contribution is 2.36. The SMILES string of the molecule is O=C(C1CC1)N1Cc2cc(Cl)ccc2-n2c(nnc2C2CCN(c3ccccn3)CC2)C1. The molecule has 2 aromatic heterocycles. The summed E-state index contributed by atoms with van der Waals surface area (Å²) in [5, 5.41) is 9.89. The van der Waals surface area contributed by atoms with Crippen LogP contribution in [0.25, 0.3) is 5.69 Å². The Hall–Kier alpha value is -2.93. The van der Waals surface area contributed by atoms with Crippen LogP contribution in [0.4, 0.5) is 5.82 Å². The van der Waals surface area contributed by atoms with Crippen molar-refractivity contribution in [2.24, 2.45) is 5.92 Å². The molecule has 0 N–H and O–H groups in total. The average molecular weight is 449 g/mol. The fourth-order valence-electron chi connectivity index (χ4n) is 4.94. The van der Waals surface area contributed by atoms with Crippen LogP contribution in [-0.2, 0) is 17.9 Å². The molecule has 0 unspecified atom stereocenters. The van der Waals surface area contributed by atoms with E-state index in [1.54, 1.807) is 0 Å². The molecule has 0 spiro atoms. The van der Waals surface area contributed by atoms with Gasteiger partial charge in [0.1, 0.15) is 11.6 Å². The van der Waals surface area contributed by atoms with Gasteiger partial charge in [0, 0.05) is 42.7 Å². The molecule has 1 aromatic carbocycles. The van der Waals surface area contributed by atoms with Gasteiger partial charge in [-0.25, -0.2) is 4.98 Å². The fourth-order valence-corrected chi connectivity index (χ4v) is 5.14. The highest BCUT2D eigenvalue weighted by atomic mass is 35.5. The third kappa shape index (κ3) is 3.54. The van der Waals surface area contributed by atoms with Gasteiger partial charge in [-0.15, -0.1) is 10.2 Å². The van der Waals surface area contributed by atoms with Crippen LogP contribution in [0.3, 0.4) is 0 Å². The molecule has 3 aliphatic rings. The summed E-state index contributed by atoms with van der Waals surface area (Å²) in [6.45, 7) is 2.92. The number of hydrogen-bond acceptors (Lipinski definition) is 5. The zero-order valence-corrected chi connectivity index (χ0v) is 18.6. The highest BCUT2D eigenvalue weighted by Gasteiger charge is 2.36. The van der Waals surface area contributed by atoms with Gasteiger partial charge in [0.05, 0.1) is 12.2 Å². The molecule has 1 aliphatic carbocycles. The molecule has 2 aliphatic heterocycles. The number of amides is 1. The first-order valence-corrected chi connectivity index (χ1v) is 11.7. The predicted octanol–water partition coefficient (Wildman–Crippen LogP) is 3.95. The van der Waals surface area contributed by atoms with E-state index in [4.69, 9.17) is 11.6 Å². The molecule has 7 nitrogen and oxygen atoms in total. The van der Waals surface area contributed by atoms with E-state index in [1.807, 2.05) is 41.4 Å². The summed E-state index contributed by atoms with van der Waals surface area (Å²) in [4.78, 5) is 21.7. The van der Waals surface area contributed by atoms with Crippen LogP contribution in [-0.4, -0.2) is 43.6 Å². The maximum Gasteiger partial charge on any atom is 0.226 e. The molecular weight excluding hydrogens is 424 g/mol. The Kier molecular flexibility index (Phi) is 4.86. The van der Waals surface area contributed by atoms with E-state index in [-0.39, 0.29) is 11.8 Å². The van der Waals surface area contributed by atoms with Crippen LogP contribution < -0.4 is 4.90 Å². The Morgan fingerprint density at radius 2 is 1.84 bits per heavy atom. The fraction of sp³-hybridized carbons (Fsp3) is 0.417. The van der Waals surface area contributed by atoms with Crippen molar-refractivity contribution >= 4 is 23.3 Å². The van der Waals surface area contributed by atoms with E-state index < -0.39 is 0 Å². The van der Waals surface area contributed by atoms with Gasteiger partial charge in [-0.05, 0) is 61.6 Å². The van der Waals surface area contributed by atoms with Crippen LogP contribution in [0.1, 0.15) is 48.8 Å². The number of aromatic nitrogens is 4. The maximum atomic E-state index is 12.9. The molecule has 32 heavy (non-hydrogen) atoms. The number of pyridine rings is 1. The molecule has 8 heteroatoms. The van der Waals surface area contributed by atoms with Gasteiger partial charge in [-0.2, -0.15) is 0 Å². The molecule has 1 amide bonds. The first kappa shape index (κ1) is 19.7. The molecule has 3 aromatic rings. The Bertz CT molecular complexity index is 1150. The van der Waals surface area contributed by atoms with Crippen LogP contribution in [0.5, 0.6) is 0 Å². The minimum Gasteiger partial charge on any atom is -0.357 e. The third-order valence-electron chi connectivity index (χ3n) is 6.80. The number of fused-ring (bicyclic) bond motifs is 3. The van der Waals surface area contributed by atoms with Gasteiger partial charge >= 0.3 is 0 Å². The van der Waals surface area contributed by atoms with Crippen molar-refractivity contribution in [3.63, 3.8) is 0 Å². The van der Waals surface area contributed by atoms with Crippen molar-refractivity contribution in [1.29, 1.82) is 0 Å². The van der Waals surface area contributed by atoms with Gasteiger partial charge in [0.15, 0.2) is 5.82 Å². The van der Waals surface area contributed by atoms with Gasteiger partial charge < -0.3 is 9.80 Å². The van der Waals surface area contributed by atoms with Crippen molar-refractivity contribution in [1.82, 2.24) is 24.6 Å². The van der Waals surface area contributed by atoms with Crippen molar-refractivity contribution < 1.29 is 4.79 Å². The topological polar surface area (TPSA) is 67.2 Å². The zero-order valence-electron chi connectivity index (χ0n) is 17.8. The molecule has 2 fully saturated rings. The standard InChI is InChI=1S/C24H25ClN6O/c25-19-6-7-20-18(13-19)14-30(24(32)17-4-5-17)15-22-27-28-23(31(20)22)16-8-11-29(12-9-16)21-3-1-2-10-26-21/h1-3,6-7,10,13,16-17H,4-5,8-9,11-12,14-15H2. The monoisotopic (exact) mass is 448 g/mol. The van der Waals surface area contributed by atoms with E-state index >= 15 is 0 Å². The number of carbonyl (C=O) groups excluding carboxylic acids is 1. The number of halogens is 1. The molecule has 0 atom stereocenters. The highest BCUT2D eigenvalue weighted by molar-refractivity contribution is 6.30. The number of carbonyl (C=O) groups is 1. The van der Waals surface area contributed by atoms with E-state index in [0.29, 0.717) is 24.0 Å². The number of rotatable bonds is 3. The summed E-state index contributed by atoms with van der Waals surface area (Å²) < 4.78 is 2.19. The number of piperidine rings is 1. The number of anilines is 1.